The lowest BCUT2D eigenvalue weighted by atomic mass is 10.1. The van der Waals surface area contributed by atoms with E-state index < -0.39 is 0 Å². The number of hydrogen-bond acceptors (Lipinski definition) is 4. The first-order valence-corrected chi connectivity index (χ1v) is 6.80. The van der Waals surface area contributed by atoms with Crippen molar-refractivity contribution in [2.45, 2.75) is 6.54 Å². The maximum absolute atomic E-state index is 8.92. The molecule has 1 aromatic heterocycles. The molecule has 0 atom stereocenters. The summed E-state index contributed by atoms with van der Waals surface area (Å²) >= 11 is 3.43. The Morgan fingerprint density at radius 1 is 1.35 bits per heavy atom. The Bertz CT molecular complexity index is 616. The van der Waals surface area contributed by atoms with Crippen LogP contribution < -0.4 is 10.6 Å². The van der Waals surface area contributed by atoms with Crippen LogP contribution in [0.3, 0.4) is 0 Å². The highest BCUT2D eigenvalue weighted by Crippen LogP contribution is 2.27. The number of anilines is 1. The van der Waals surface area contributed by atoms with E-state index in [1.165, 1.54) is 0 Å². The van der Waals surface area contributed by atoms with Crippen molar-refractivity contribution in [3.05, 3.63) is 58.3 Å². The fourth-order valence-electron chi connectivity index (χ4n) is 1.95. The average Bonchev–Trinajstić information content (AvgIpc) is 2.47. The second-order valence-corrected chi connectivity index (χ2v) is 5.15. The van der Waals surface area contributed by atoms with Crippen LogP contribution in [0.5, 0.6) is 0 Å². The third-order valence-corrected chi connectivity index (χ3v) is 3.55. The van der Waals surface area contributed by atoms with Crippen LogP contribution in [0, 0.1) is 0 Å². The summed E-state index contributed by atoms with van der Waals surface area (Å²) in [4.78, 5) is 6.30. The Kier molecular flexibility index (Phi) is 4.57. The van der Waals surface area contributed by atoms with E-state index in [1.807, 2.05) is 48.3 Å². The highest BCUT2D eigenvalue weighted by molar-refractivity contribution is 9.10. The molecule has 0 spiro atoms. The van der Waals surface area contributed by atoms with Gasteiger partial charge in [-0.25, -0.2) is 0 Å². The van der Waals surface area contributed by atoms with Crippen LogP contribution in [0.15, 0.2) is 52.2 Å². The molecular weight excluding hydrogens is 320 g/mol. The summed E-state index contributed by atoms with van der Waals surface area (Å²) in [5.74, 6) is 0.0698. The fraction of sp³-hybridized carbons (Fsp3) is 0.143. The largest absolute Gasteiger partial charge is 0.409 e. The number of halogens is 1. The highest BCUT2D eigenvalue weighted by atomic mass is 79.9. The third-order valence-electron chi connectivity index (χ3n) is 2.89. The van der Waals surface area contributed by atoms with Crippen LogP contribution in [0.25, 0.3) is 0 Å². The predicted molar refractivity (Wildman–Crippen MR) is 83.0 cm³/mol. The minimum Gasteiger partial charge on any atom is -0.409 e. The van der Waals surface area contributed by atoms with Crippen molar-refractivity contribution in [2.75, 3.05) is 11.9 Å². The normalized spacial score (nSPS) is 11.4. The summed E-state index contributed by atoms with van der Waals surface area (Å²) in [5.41, 5.74) is 8.22. The van der Waals surface area contributed by atoms with Gasteiger partial charge in [-0.05, 0) is 40.2 Å². The van der Waals surface area contributed by atoms with Gasteiger partial charge in [0.05, 0.1) is 17.8 Å². The standard InChI is InChI=1S/C14H15BrN4O/c1-19(9-10-5-2-3-8-17-10)12-7-4-6-11(15)13(12)14(16)18-20/h2-8,20H,9H2,1H3,(H2,16,18). The van der Waals surface area contributed by atoms with Crippen molar-refractivity contribution in [1.29, 1.82) is 0 Å². The van der Waals surface area contributed by atoms with Crippen molar-refractivity contribution in [1.82, 2.24) is 4.98 Å². The molecule has 0 unspecified atom stereocenters. The van der Waals surface area contributed by atoms with Crippen LogP contribution in [-0.2, 0) is 6.54 Å². The lowest BCUT2D eigenvalue weighted by molar-refractivity contribution is 0.318. The van der Waals surface area contributed by atoms with E-state index in [-0.39, 0.29) is 5.84 Å². The van der Waals surface area contributed by atoms with Gasteiger partial charge in [-0.15, -0.1) is 0 Å². The SMILES string of the molecule is CN(Cc1ccccn1)c1cccc(Br)c1/C(N)=N/O. The Labute approximate surface area is 125 Å². The number of nitrogens with zero attached hydrogens (tertiary/aromatic N) is 3. The summed E-state index contributed by atoms with van der Waals surface area (Å²) in [6.45, 7) is 0.628. The van der Waals surface area contributed by atoms with Crippen LogP contribution in [0.2, 0.25) is 0 Å². The van der Waals surface area contributed by atoms with Gasteiger partial charge >= 0.3 is 0 Å². The van der Waals surface area contributed by atoms with E-state index in [0.29, 0.717) is 12.1 Å². The molecule has 6 heteroatoms. The van der Waals surface area contributed by atoms with Gasteiger partial charge in [0.2, 0.25) is 0 Å². The first kappa shape index (κ1) is 14.3. The van der Waals surface area contributed by atoms with Gasteiger partial charge in [0.25, 0.3) is 0 Å². The van der Waals surface area contributed by atoms with Crippen LogP contribution in [0.4, 0.5) is 5.69 Å². The lowest BCUT2D eigenvalue weighted by Gasteiger charge is -2.22. The van der Waals surface area contributed by atoms with Crippen LogP contribution >= 0.6 is 15.9 Å². The molecule has 0 bridgehead atoms. The molecule has 0 saturated heterocycles. The predicted octanol–water partition coefficient (Wildman–Crippen LogP) is 2.58. The smallest absolute Gasteiger partial charge is 0.173 e. The maximum Gasteiger partial charge on any atom is 0.173 e. The minimum atomic E-state index is 0.0698. The van der Waals surface area contributed by atoms with E-state index in [0.717, 1.165) is 15.9 Å². The molecule has 0 aliphatic rings. The van der Waals surface area contributed by atoms with Crippen molar-refractivity contribution < 1.29 is 5.21 Å². The molecule has 0 radical (unpaired) electrons. The van der Waals surface area contributed by atoms with Gasteiger partial charge in [0.15, 0.2) is 5.84 Å². The zero-order valence-corrected chi connectivity index (χ0v) is 12.6. The first-order chi connectivity index (χ1) is 9.63. The molecule has 20 heavy (non-hydrogen) atoms. The van der Waals surface area contributed by atoms with E-state index in [4.69, 9.17) is 10.9 Å². The summed E-state index contributed by atoms with van der Waals surface area (Å²) < 4.78 is 0.776. The van der Waals surface area contributed by atoms with Crippen LogP contribution in [0.1, 0.15) is 11.3 Å². The summed E-state index contributed by atoms with van der Waals surface area (Å²) in [5, 5.41) is 12.0. The van der Waals surface area contributed by atoms with Crippen molar-refractivity contribution in [2.24, 2.45) is 10.9 Å². The van der Waals surface area contributed by atoms with E-state index in [2.05, 4.69) is 26.1 Å². The molecule has 104 valence electrons. The number of nitrogens with two attached hydrogens (primary N) is 1. The molecule has 0 saturated carbocycles. The minimum absolute atomic E-state index is 0.0698. The number of benzene rings is 1. The highest BCUT2D eigenvalue weighted by Gasteiger charge is 2.14. The van der Waals surface area contributed by atoms with Gasteiger partial charge in [-0.2, -0.15) is 0 Å². The second-order valence-electron chi connectivity index (χ2n) is 4.30. The Morgan fingerprint density at radius 3 is 2.80 bits per heavy atom. The third kappa shape index (κ3) is 3.08. The molecule has 0 fully saturated rings. The first-order valence-electron chi connectivity index (χ1n) is 6.01. The number of rotatable bonds is 4. The lowest BCUT2D eigenvalue weighted by Crippen LogP contribution is -2.23. The van der Waals surface area contributed by atoms with Gasteiger partial charge in [-0.3, -0.25) is 4.98 Å². The molecule has 3 N–H and O–H groups in total. The Hall–Kier alpha value is -2.08. The van der Waals surface area contributed by atoms with Gasteiger partial charge in [0.1, 0.15) is 0 Å². The second kappa shape index (κ2) is 6.38. The average molecular weight is 335 g/mol. The molecule has 5 nitrogen and oxygen atoms in total. The number of aromatic nitrogens is 1. The van der Waals surface area contributed by atoms with Crippen LogP contribution in [-0.4, -0.2) is 23.1 Å². The molecule has 1 heterocycles. The quantitative estimate of drug-likeness (QED) is 0.390. The molecule has 2 rings (SSSR count). The number of hydrogen-bond donors (Lipinski definition) is 2. The van der Waals surface area contributed by atoms with Gasteiger partial charge in [0, 0.05) is 23.4 Å². The van der Waals surface area contributed by atoms with Gasteiger partial charge < -0.3 is 15.8 Å². The number of amidine groups is 1. The zero-order chi connectivity index (χ0) is 14.5. The maximum atomic E-state index is 8.92. The monoisotopic (exact) mass is 334 g/mol. The summed E-state index contributed by atoms with van der Waals surface area (Å²) in [7, 11) is 1.94. The zero-order valence-electron chi connectivity index (χ0n) is 11.0. The fourth-order valence-corrected chi connectivity index (χ4v) is 2.51. The summed E-state index contributed by atoms with van der Waals surface area (Å²) in [6.07, 6.45) is 1.76. The van der Waals surface area contributed by atoms with Crippen molar-refractivity contribution in [3.63, 3.8) is 0 Å². The Morgan fingerprint density at radius 2 is 2.15 bits per heavy atom. The molecule has 1 aromatic carbocycles. The van der Waals surface area contributed by atoms with E-state index in [9.17, 15) is 0 Å². The topological polar surface area (TPSA) is 74.7 Å². The molecule has 2 aromatic rings. The van der Waals surface area contributed by atoms with E-state index in [1.54, 1.807) is 6.20 Å². The molecule has 0 aliphatic carbocycles. The summed E-state index contributed by atoms with van der Waals surface area (Å²) in [6, 6.07) is 11.5. The molecular formula is C14H15BrN4O. The van der Waals surface area contributed by atoms with Crippen molar-refractivity contribution >= 4 is 27.5 Å². The molecule has 0 aliphatic heterocycles. The van der Waals surface area contributed by atoms with Gasteiger partial charge in [-0.1, -0.05) is 17.3 Å². The van der Waals surface area contributed by atoms with Crippen molar-refractivity contribution in [3.8, 4) is 0 Å². The Balaban J connectivity index is 2.35. The number of pyridine rings is 1. The molecule has 0 amide bonds. The van der Waals surface area contributed by atoms with E-state index >= 15 is 0 Å². The number of oxime groups is 1.